The second kappa shape index (κ2) is 21.3. The Morgan fingerprint density at radius 2 is 1.17 bits per heavy atom. The summed E-state index contributed by atoms with van der Waals surface area (Å²) in [6.45, 7) is 3.93. The van der Waals surface area contributed by atoms with Gasteiger partial charge in [-0.2, -0.15) is 0 Å². The van der Waals surface area contributed by atoms with Crippen LogP contribution in [0.5, 0.6) is 17.4 Å². The molecule has 0 saturated carbocycles. The average molecular weight is 1010 g/mol. The molecule has 0 spiro atoms. The molecule has 7 aromatic rings. The lowest BCUT2D eigenvalue weighted by molar-refractivity contribution is -0.113. The number of carbonyl (C=O) groups is 3. The fraction of sp³-hybridized carbons (Fsp3) is 0.231. The molecule has 1 aliphatic carbocycles. The number of aromatic nitrogens is 3. The zero-order valence-electron chi connectivity index (χ0n) is 39.1. The van der Waals surface area contributed by atoms with Gasteiger partial charge in [-0.1, -0.05) is 18.2 Å². The van der Waals surface area contributed by atoms with E-state index in [9.17, 15) is 48.8 Å². The Kier molecular flexibility index (Phi) is 15.5. The van der Waals surface area contributed by atoms with Crippen molar-refractivity contribution in [1.29, 1.82) is 0 Å². The van der Waals surface area contributed by atoms with Crippen LogP contribution in [0.3, 0.4) is 0 Å². The Morgan fingerprint density at radius 1 is 0.676 bits per heavy atom. The molecular weight excluding hydrogens is 967 g/mol. The number of pyridine rings is 1. The second-order valence-corrected chi connectivity index (χ2v) is 20.8. The van der Waals surface area contributed by atoms with Gasteiger partial charge in [-0.25, -0.2) is 39.4 Å². The lowest BCUT2D eigenvalue weighted by atomic mass is 9.92. The summed E-state index contributed by atoms with van der Waals surface area (Å²) in [7, 11) is -6.02. The number of ether oxygens (including phenoxy) is 3. The Morgan fingerprint density at radius 3 is 1.63 bits per heavy atom. The highest BCUT2D eigenvalue weighted by Gasteiger charge is 2.32. The SMILES string of the molecule is CCOc1ccc2c(c1)c(-c1cccnc1OC)c(C(=O)CS(C)(=O)=O)n2Cc1cc(F)ccc1F.CCOc1ccc2c(c1)c(C1=CC=CCC1=O)c(C(=O)CS(C)(=O)=O)n2Cc1cc(F)ccc1F. The summed E-state index contributed by atoms with van der Waals surface area (Å²) in [4.78, 5) is 44.1. The van der Waals surface area contributed by atoms with Gasteiger partial charge in [-0.3, -0.25) is 14.4 Å². The highest BCUT2D eigenvalue weighted by molar-refractivity contribution is 7.91. The van der Waals surface area contributed by atoms with Gasteiger partial charge in [0, 0.05) is 80.3 Å². The minimum Gasteiger partial charge on any atom is -0.494 e. The van der Waals surface area contributed by atoms with Crippen molar-refractivity contribution in [2.75, 3.05) is 44.3 Å². The number of sulfone groups is 2. The summed E-state index contributed by atoms with van der Waals surface area (Å²) in [5, 5.41) is 1.01. The van der Waals surface area contributed by atoms with Crippen molar-refractivity contribution >= 4 is 64.4 Å². The molecule has 0 N–H and O–H groups in total. The van der Waals surface area contributed by atoms with E-state index in [4.69, 9.17) is 14.2 Å². The molecule has 4 aromatic carbocycles. The monoisotopic (exact) mass is 1010 g/mol. The van der Waals surface area contributed by atoms with Gasteiger partial charge in [0.2, 0.25) is 5.88 Å². The Bertz CT molecular complexity index is 3550. The average Bonchev–Trinajstić information content (AvgIpc) is 3.79. The van der Waals surface area contributed by atoms with E-state index < -0.39 is 66.0 Å². The van der Waals surface area contributed by atoms with Crippen molar-refractivity contribution in [3.63, 3.8) is 0 Å². The van der Waals surface area contributed by atoms with Gasteiger partial charge in [0.05, 0.1) is 44.8 Å². The van der Waals surface area contributed by atoms with Gasteiger partial charge >= 0.3 is 0 Å². The summed E-state index contributed by atoms with van der Waals surface area (Å²) < 4.78 is 125. The number of allylic oxidation sites excluding steroid dienone is 4. The number of hydrogen-bond acceptors (Lipinski definition) is 11. The molecule has 0 amide bonds. The molecule has 19 heteroatoms. The Labute approximate surface area is 406 Å². The number of methoxy groups -OCH3 is 1. The second-order valence-electron chi connectivity index (χ2n) is 16.5. The minimum atomic E-state index is -3.73. The third-order valence-corrected chi connectivity index (χ3v) is 12.8. The maximum absolute atomic E-state index is 14.7. The Balaban J connectivity index is 0.000000209. The first-order valence-corrected chi connectivity index (χ1v) is 26.1. The van der Waals surface area contributed by atoms with Crippen molar-refractivity contribution < 1.29 is 63.0 Å². The van der Waals surface area contributed by atoms with E-state index in [0.717, 1.165) is 48.9 Å². The molecular formula is C52H47F4N3O10S2. The fourth-order valence-corrected chi connectivity index (χ4v) is 9.65. The number of rotatable bonds is 17. The van der Waals surface area contributed by atoms with Gasteiger partial charge in [0.15, 0.2) is 37.0 Å². The van der Waals surface area contributed by atoms with E-state index in [1.165, 1.54) is 22.4 Å². The predicted molar refractivity (Wildman–Crippen MR) is 262 cm³/mol. The van der Waals surface area contributed by atoms with Crippen LogP contribution in [0.2, 0.25) is 0 Å². The first-order chi connectivity index (χ1) is 33.7. The zero-order valence-corrected chi connectivity index (χ0v) is 40.7. The van der Waals surface area contributed by atoms with Crippen LogP contribution in [0.1, 0.15) is 57.9 Å². The lowest BCUT2D eigenvalue weighted by Gasteiger charge is -2.14. The molecule has 0 bridgehead atoms. The summed E-state index contributed by atoms with van der Waals surface area (Å²) in [6, 6.07) is 19.5. The quantitative estimate of drug-likeness (QED) is 0.0630. The van der Waals surface area contributed by atoms with Crippen molar-refractivity contribution in [3.8, 4) is 28.5 Å². The van der Waals surface area contributed by atoms with Crippen LogP contribution in [-0.4, -0.2) is 92.6 Å². The number of benzene rings is 4. The van der Waals surface area contributed by atoms with Crippen LogP contribution in [0.15, 0.2) is 109 Å². The molecule has 370 valence electrons. The van der Waals surface area contributed by atoms with E-state index in [0.29, 0.717) is 57.6 Å². The van der Waals surface area contributed by atoms with Gasteiger partial charge < -0.3 is 23.3 Å². The molecule has 0 atom stereocenters. The van der Waals surface area contributed by atoms with Gasteiger partial charge in [0.25, 0.3) is 0 Å². The number of Topliss-reactive ketones (excluding diaryl/α,β-unsaturated/α-hetero) is 3. The van der Waals surface area contributed by atoms with Crippen molar-refractivity contribution in [3.05, 3.63) is 161 Å². The molecule has 13 nitrogen and oxygen atoms in total. The number of ketones is 3. The van der Waals surface area contributed by atoms with E-state index in [1.54, 1.807) is 66.8 Å². The van der Waals surface area contributed by atoms with Crippen LogP contribution in [-0.2, 0) is 37.6 Å². The number of hydrogen-bond donors (Lipinski definition) is 0. The zero-order chi connectivity index (χ0) is 51.4. The maximum atomic E-state index is 14.7. The molecule has 0 aliphatic heterocycles. The highest BCUT2D eigenvalue weighted by Crippen LogP contribution is 2.42. The molecule has 3 heterocycles. The molecule has 0 unspecified atom stereocenters. The smallest absolute Gasteiger partial charge is 0.221 e. The number of carbonyl (C=O) groups excluding carboxylic acids is 3. The van der Waals surface area contributed by atoms with E-state index in [-0.39, 0.29) is 64.8 Å². The standard InChI is InChI=1S/C26H24F2N2O5S.C26H23F2NO5S/c1-4-35-18-8-10-22-20(13-18)24(19-6-5-11-29-26(19)34-2)25(23(31)15-36(3,32)33)30(22)14-16-12-17(27)7-9-21(16)28;1-3-34-18-9-11-22-20(13-18)25(19-6-4-5-7-23(19)30)26(24(31)15-35(2,32)33)29(22)14-16-12-17(27)8-10-21(16)28/h5-13H,4,14-15H2,1-3H3;4-6,8-13H,3,7,14-15H2,1-2H3. The normalized spacial score (nSPS) is 12.7. The van der Waals surface area contributed by atoms with Crippen LogP contribution in [0.25, 0.3) is 38.5 Å². The predicted octanol–water partition coefficient (Wildman–Crippen LogP) is 9.17. The first-order valence-electron chi connectivity index (χ1n) is 22.0. The van der Waals surface area contributed by atoms with E-state index in [2.05, 4.69) is 4.98 Å². The molecule has 0 fully saturated rings. The minimum absolute atomic E-state index is 0.00103. The summed E-state index contributed by atoms with van der Waals surface area (Å²) >= 11 is 0. The van der Waals surface area contributed by atoms with Crippen molar-refractivity contribution in [2.45, 2.75) is 33.4 Å². The molecule has 71 heavy (non-hydrogen) atoms. The number of halogens is 4. The molecule has 0 saturated heterocycles. The molecule has 8 rings (SSSR count). The van der Waals surface area contributed by atoms with Gasteiger partial charge in [-0.15, -0.1) is 0 Å². The highest BCUT2D eigenvalue weighted by atomic mass is 32.2. The van der Waals surface area contributed by atoms with Crippen molar-refractivity contribution in [1.82, 2.24) is 14.1 Å². The number of nitrogens with zero attached hydrogens (tertiary/aromatic N) is 3. The summed E-state index contributed by atoms with van der Waals surface area (Å²) in [6.07, 6.45) is 8.46. The maximum Gasteiger partial charge on any atom is 0.221 e. The Hall–Kier alpha value is -7.38. The topological polar surface area (TPSA) is 170 Å². The lowest BCUT2D eigenvalue weighted by Crippen LogP contribution is -2.21. The van der Waals surface area contributed by atoms with Crippen LogP contribution in [0.4, 0.5) is 17.6 Å². The molecule has 1 aliphatic rings. The van der Waals surface area contributed by atoms with Crippen LogP contribution >= 0.6 is 0 Å². The van der Waals surface area contributed by atoms with Crippen LogP contribution < -0.4 is 14.2 Å². The first kappa shape index (κ1) is 51.5. The molecule has 0 radical (unpaired) electrons. The van der Waals surface area contributed by atoms with E-state index in [1.807, 2.05) is 13.8 Å². The van der Waals surface area contributed by atoms with Crippen molar-refractivity contribution in [2.24, 2.45) is 0 Å². The molecule has 3 aromatic heterocycles. The number of fused-ring (bicyclic) bond motifs is 2. The third kappa shape index (κ3) is 11.6. The summed E-state index contributed by atoms with van der Waals surface area (Å²) in [5.41, 5.74) is 2.17. The largest absolute Gasteiger partial charge is 0.494 e. The third-order valence-electron chi connectivity index (χ3n) is 11.2. The van der Waals surface area contributed by atoms with Gasteiger partial charge in [0.1, 0.15) is 46.3 Å². The van der Waals surface area contributed by atoms with E-state index >= 15 is 0 Å². The summed E-state index contributed by atoms with van der Waals surface area (Å²) in [5.74, 6) is -4.72. The van der Waals surface area contributed by atoms with Crippen LogP contribution in [0, 0.1) is 23.3 Å². The fourth-order valence-electron chi connectivity index (χ4n) is 8.43. The van der Waals surface area contributed by atoms with Gasteiger partial charge in [-0.05, 0) is 98.8 Å².